The van der Waals surface area contributed by atoms with Crippen LogP contribution in [0.25, 0.3) is 11.1 Å². The minimum Gasteiger partial charge on any atom is -0.364 e. The molecule has 0 radical (unpaired) electrons. The first-order valence-electron chi connectivity index (χ1n) is 7.03. The van der Waals surface area contributed by atoms with Crippen LogP contribution in [0.1, 0.15) is 24.5 Å². The Bertz CT molecular complexity index is 593. The molecule has 2 aromatic rings. The lowest BCUT2D eigenvalue weighted by Gasteiger charge is -2.07. The quantitative estimate of drug-likeness (QED) is 0.553. The van der Waals surface area contributed by atoms with Crippen LogP contribution in [0.5, 0.6) is 0 Å². The zero-order chi connectivity index (χ0) is 14.2. The van der Waals surface area contributed by atoms with Crippen molar-refractivity contribution in [1.82, 2.24) is 0 Å². The molecule has 2 aromatic carbocycles. The van der Waals surface area contributed by atoms with E-state index in [1.165, 1.54) is 23.1 Å². The highest BCUT2D eigenvalue weighted by Crippen LogP contribution is 2.22. The van der Waals surface area contributed by atoms with Gasteiger partial charge in [-0.15, -0.1) is 6.42 Å². The summed E-state index contributed by atoms with van der Waals surface area (Å²) in [5, 5.41) is 0. The SMILES string of the molecule is C#CCOCc1cccc(-c2cccc(CCC)c2)c1. The van der Waals surface area contributed by atoms with Gasteiger partial charge < -0.3 is 4.74 Å². The van der Waals surface area contributed by atoms with E-state index in [1.807, 2.05) is 0 Å². The number of terminal acetylenes is 1. The summed E-state index contributed by atoms with van der Waals surface area (Å²) < 4.78 is 5.39. The molecule has 0 aromatic heterocycles. The van der Waals surface area contributed by atoms with Gasteiger partial charge in [0.25, 0.3) is 0 Å². The van der Waals surface area contributed by atoms with Crippen molar-refractivity contribution >= 4 is 0 Å². The summed E-state index contributed by atoms with van der Waals surface area (Å²) >= 11 is 0. The third kappa shape index (κ3) is 3.98. The van der Waals surface area contributed by atoms with Gasteiger partial charge in [-0.1, -0.05) is 61.7 Å². The van der Waals surface area contributed by atoms with Crippen LogP contribution in [-0.4, -0.2) is 6.61 Å². The number of aryl methyl sites for hydroxylation is 1. The van der Waals surface area contributed by atoms with Gasteiger partial charge >= 0.3 is 0 Å². The highest BCUT2D eigenvalue weighted by molar-refractivity contribution is 5.64. The van der Waals surface area contributed by atoms with E-state index >= 15 is 0 Å². The molecule has 0 aliphatic carbocycles. The van der Waals surface area contributed by atoms with E-state index in [-0.39, 0.29) is 0 Å². The third-order valence-corrected chi connectivity index (χ3v) is 3.18. The van der Waals surface area contributed by atoms with Crippen molar-refractivity contribution in [3.05, 3.63) is 59.7 Å². The van der Waals surface area contributed by atoms with Gasteiger partial charge in [-0.25, -0.2) is 0 Å². The number of hydrogen-bond donors (Lipinski definition) is 0. The van der Waals surface area contributed by atoms with Gasteiger partial charge in [0.15, 0.2) is 0 Å². The fraction of sp³-hybridized carbons (Fsp3) is 0.263. The monoisotopic (exact) mass is 264 g/mol. The lowest BCUT2D eigenvalue weighted by Crippen LogP contribution is -1.93. The fourth-order valence-electron chi connectivity index (χ4n) is 2.26. The molecule has 0 aliphatic rings. The van der Waals surface area contributed by atoms with E-state index in [0.717, 1.165) is 12.0 Å². The van der Waals surface area contributed by atoms with Crippen molar-refractivity contribution in [2.75, 3.05) is 6.61 Å². The second-order valence-corrected chi connectivity index (χ2v) is 4.85. The molecule has 2 rings (SSSR count). The van der Waals surface area contributed by atoms with Gasteiger partial charge in [0.05, 0.1) is 6.61 Å². The van der Waals surface area contributed by atoms with E-state index in [1.54, 1.807) is 0 Å². The molecule has 0 atom stereocenters. The van der Waals surface area contributed by atoms with E-state index in [9.17, 15) is 0 Å². The van der Waals surface area contributed by atoms with Crippen LogP contribution in [0.15, 0.2) is 48.5 Å². The van der Waals surface area contributed by atoms with Gasteiger partial charge in [0, 0.05) is 0 Å². The van der Waals surface area contributed by atoms with Crippen LogP contribution >= 0.6 is 0 Å². The smallest absolute Gasteiger partial charge is 0.107 e. The van der Waals surface area contributed by atoms with Crippen LogP contribution in [0.4, 0.5) is 0 Å². The zero-order valence-electron chi connectivity index (χ0n) is 11.9. The number of benzene rings is 2. The highest BCUT2D eigenvalue weighted by Gasteiger charge is 2.01. The van der Waals surface area contributed by atoms with Crippen LogP contribution in [0.3, 0.4) is 0 Å². The van der Waals surface area contributed by atoms with Gasteiger partial charge in [-0.05, 0) is 34.7 Å². The summed E-state index contributed by atoms with van der Waals surface area (Å²) in [5.74, 6) is 2.48. The Balaban J connectivity index is 2.17. The number of ether oxygens (including phenoxy) is 1. The summed E-state index contributed by atoms with van der Waals surface area (Å²) in [4.78, 5) is 0. The molecule has 1 nitrogen and oxygen atoms in total. The lowest BCUT2D eigenvalue weighted by molar-refractivity contribution is 0.153. The van der Waals surface area contributed by atoms with Crippen molar-refractivity contribution in [1.29, 1.82) is 0 Å². The van der Waals surface area contributed by atoms with Gasteiger partial charge in [0.2, 0.25) is 0 Å². The molecule has 0 heterocycles. The van der Waals surface area contributed by atoms with Gasteiger partial charge in [-0.3, -0.25) is 0 Å². The lowest BCUT2D eigenvalue weighted by atomic mass is 10.00. The summed E-state index contributed by atoms with van der Waals surface area (Å²) in [6, 6.07) is 17.2. The second kappa shape index (κ2) is 7.53. The molecule has 0 spiro atoms. The van der Waals surface area contributed by atoms with Crippen molar-refractivity contribution < 1.29 is 4.74 Å². The normalized spacial score (nSPS) is 10.2. The Morgan fingerprint density at radius 2 is 1.65 bits per heavy atom. The molecule has 0 bridgehead atoms. The van der Waals surface area contributed by atoms with E-state index in [2.05, 4.69) is 61.4 Å². The summed E-state index contributed by atoms with van der Waals surface area (Å²) in [6.07, 6.45) is 7.48. The van der Waals surface area contributed by atoms with Crippen LogP contribution < -0.4 is 0 Å². The molecule has 0 fully saturated rings. The van der Waals surface area contributed by atoms with Crippen LogP contribution in [0.2, 0.25) is 0 Å². The molecular weight excluding hydrogens is 244 g/mol. The second-order valence-electron chi connectivity index (χ2n) is 4.85. The molecule has 0 unspecified atom stereocenters. The number of hydrogen-bond acceptors (Lipinski definition) is 1. The molecule has 102 valence electrons. The zero-order valence-corrected chi connectivity index (χ0v) is 11.9. The molecule has 0 saturated carbocycles. The molecule has 0 saturated heterocycles. The first-order valence-corrected chi connectivity index (χ1v) is 7.03. The highest BCUT2D eigenvalue weighted by atomic mass is 16.5. The van der Waals surface area contributed by atoms with E-state index < -0.39 is 0 Å². The third-order valence-electron chi connectivity index (χ3n) is 3.18. The minimum absolute atomic E-state index is 0.357. The summed E-state index contributed by atoms with van der Waals surface area (Å²) in [7, 11) is 0. The largest absolute Gasteiger partial charge is 0.364 e. The van der Waals surface area contributed by atoms with Crippen molar-refractivity contribution in [3.63, 3.8) is 0 Å². The topological polar surface area (TPSA) is 9.23 Å². The van der Waals surface area contributed by atoms with E-state index in [4.69, 9.17) is 11.2 Å². The first kappa shape index (κ1) is 14.4. The molecule has 0 aliphatic heterocycles. The Morgan fingerprint density at radius 1 is 1.00 bits per heavy atom. The Labute approximate surface area is 121 Å². The average molecular weight is 264 g/mol. The van der Waals surface area contributed by atoms with Crippen molar-refractivity contribution in [2.24, 2.45) is 0 Å². The van der Waals surface area contributed by atoms with Crippen LogP contribution in [-0.2, 0) is 17.8 Å². The van der Waals surface area contributed by atoms with Crippen molar-refractivity contribution in [3.8, 4) is 23.5 Å². The number of rotatable bonds is 6. The predicted molar refractivity (Wildman–Crippen MR) is 84.4 cm³/mol. The molecular formula is C19H20O. The van der Waals surface area contributed by atoms with Crippen molar-refractivity contribution in [2.45, 2.75) is 26.4 Å². The van der Waals surface area contributed by atoms with Gasteiger partial charge in [-0.2, -0.15) is 0 Å². The standard InChI is InChI=1S/C19H20O/c1-3-7-16-8-5-10-18(13-16)19-11-6-9-17(14-19)15-20-12-4-2/h2,5-6,8-11,13-14H,3,7,12,15H2,1H3. The summed E-state index contributed by atoms with van der Waals surface area (Å²) in [6.45, 7) is 3.12. The first-order chi connectivity index (χ1) is 9.83. The minimum atomic E-state index is 0.357. The molecule has 0 amide bonds. The Kier molecular flexibility index (Phi) is 5.41. The molecule has 1 heteroatoms. The molecule has 20 heavy (non-hydrogen) atoms. The Morgan fingerprint density at radius 3 is 2.30 bits per heavy atom. The maximum absolute atomic E-state index is 5.39. The Hall–Kier alpha value is -2.04. The maximum atomic E-state index is 5.39. The van der Waals surface area contributed by atoms with Crippen LogP contribution in [0, 0.1) is 12.3 Å². The fourth-order valence-corrected chi connectivity index (χ4v) is 2.26. The maximum Gasteiger partial charge on any atom is 0.107 e. The van der Waals surface area contributed by atoms with E-state index in [0.29, 0.717) is 13.2 Å². The summed E-state index contributed by atoms with van der Waals surface area (Å²) in [5.41, 5.74) is 5.03. The van der Waals surface area contributed by atoms with Gasteiger partial charge in [0.1, 0.15) is 6.61 Å². The average Bonchev–Trinajstić information content (AvgIpc) is 2.49. The molecule has 0 N–H and O–H groups in total. The predicted octanol–water partition coefficient (Wildman–Crippen LogP) is 4.46.